The second-order valence-corrected chi connectivity index (χ2v) is 7.63. The molecule has 1 fully saturated rings. The van der Waals surface area contributed by atoms with E-state index >= 15 is 0 Å². The minimum absolute atomic E-state index is 0.112. The second-order valence-electron chi connectivity index (χ2n) is 7.63. The summed E-state index contributed by atoms with van der Waals surface area (Å²) in [6.45, 7) is 5.62. The number of benzene rings is 2. The summed E-state index contributed by atoms with van der Waals surface area (Å²) in [7, 11) is 0. The van der Waals surface area contributed by atoms with Gasteiger partial charge in [0.2, 0.25) is 5.91 Å². The van der Waals surface area contributed by atoms with Crippen LogP contribution in [-0.4, -0.2) is 65.9 Å². The van der Waals surface area contributed by atoms with Crippen LogP contribution < -0.4 is 10.1 Å². The summed E-state index contributed by atoms with van der Waals surface area (Å²) in [6, 6.07) is 8.83. The van der Waals surface area contributed by atoms with Crippen LogP contribution in [0.5, 0.6) is 5.75 Å². The van der Waals surface area contributed by atoms with Crippen molar-refractivity contribution in [2.75, 3.05) is 44.6 Å². The number of piperazine rings is 1. The van der Waals surface area contributed by atoms with Crippen molar-refractivity contribution >= 4 is 23.2 Å². The molecule has 0 radical (unpaired) electrons. The van der Waals surface area contributed by atoms with Crippen molar-refractivity contribution in [3.8, 4) is 5.75 Å². The van der Waals surface area contributed by atoms with Crippen molar-refractivity contribution in [1.29, 1.82) is 0 Å². The monoisotopic (exact) mass is 444 g/mol. The van der Waals surface area contributed by atoms with Gasteiger partial charge < -0.3 is 15.0 Å². The first-order chi connectivity index (χ1) is 15.2. The van der Waals surface area contributed by atoms with E-state index in [0.717, 1.165) is 35.0 Å². The average molecular weight is 444 g/mol. The number of aryl methyl sites for hydroxylation is 2. The fourth-order valence-electron chi connectivity index (χ4n) is 3.50. The van der Waals surface area contributed by atoms with E-state index in [2.05, 4.69) is 5.32 Å². The van der Waals surface area contributed by atoms with Gasteiger partial charge in [0.15, 0.2) is 18.2 Å². The van der Waals surface area contributed by atoms with Crippen LogP contribution in [0.1, 0.15) is 11.1 Å². The highest BCUT2D eigenvalue weighted by Gasteiger charge is 2.23. The Bertz CT molecular complexity index is 1000. The van der Waals surface area contributed by atoms with Crippen LogP contribution >= 0.6 is 0 Å². The largest absolute Gasteiger partial charge is 0.481 e. The van der Waals surface area contributed by atoms with Crippen LogP contribution in [0.15, 0.2) is 36.4 Å². The molecule has 0 aliphatic carbocycles. The van der Waals surface area contributed by atoms with E-state index in [4.69, 9.17) is 4.74 Å². The number of carbonyl (C=O) groups is 2. The van der Waals surface area contributed by atoms with Gasteiger partial charge in [-0.1, -0.05) is 18.2 Å². The van der Waals surface area contributed by atoms with Crippen LogP contribution in [0.4, 0.5) is 15.8 Å². The zero-order valence-electron chi connectivity index (χ0n) is 18.0. The van der Waals surface area contributed by atoms with Gasteiger partial charge in [-0.25, -0.2) is 4.39 Å². The molecule has 9 nitrogen and oxygen atoms in total. The first-order valence-corrected chi connectivity index (χ1v) is 10.2. The Morgan fingerprint density at radius 1 is 1.12 bits per heavy atom. The lowest BCUT2D eigenvalue weighted by Gasteiger charge is -2.34. The van der Waals surface area contributed by atoms with Crippen molar-refractivity contribution < 1.29 is 23.6 Å². The van der Waals surface area contributed by atoms with E-state index in [1.54, 1.807) is 4.90 Å². The van der Waals surface area contributed by atoms with Crippen molar-refractivity contribution in [2.24, 2.45) is 0 Å². The molecule has 0 bridgehead atoms. The van der Waals surface area contributed by atoms with Crippen molar-refractivity contribution in [3.63, 3.8) is 0 Å². The summed E-state index contributed by atoms with van der Waals surface area (Å²) in [6.07, 6.45) is 0. The Morgan fingerprint density at radius 2 is 1.78 bits per heavy atom. The lowest BCUT2D eigenvalue weighted by molar-refractivity contribution is -0.385. The summed E-state index contributed by atoms with van der Waals surface area (Å²) in [5, 5.41) is 13.6. The van der Waals surface area contributed by atoms with Crippen LogP contribution in [-0.2, 0) is 9.59 Å². The van der Waals surface area contributed by atoms with Crippen LogP contribution in [0.25, 0.3) is 0 Å². The number of hydrogen-bond acceptors (Lipinski definition) is 6. The number of carbonyl (C=O) groups excluding carboxylic acids is 2. The van der Waals surface area contributed by atoms with Gasteiger partial charge in [0, 0.05) is 37.9 Å². The Morgan fingerprint density at radius 3 is 2.38 bits per heavy atom. The van der Waals surface area contributed by atoms with E-state index in [1.165, 1.54) is 0 Å². The maximum absolute atomic E-state index is 13.9. The zero-order chi connectivity index (χ0) is 23.3. The standard InChI is InChI=1S/C22H25FN4O5/c1-15-4-3-5-16(2)22(15)24-20(28)13-25-8-10-26(11-9-25)21(29)14-32-19-7-6-17(27(30)31)12-18(19)23/h3-7,12H,8-11,13-14H2,1-2H3,(H,24,28). The van der Waals surface area contributed by atoms with Gasteiger partial charge in [0.05, 0.1) is 17.5 Å². The van der Waals surface area contributed by atoms with E-state index in [9.17, 15) is 24.1 Å². The van der Waals surface area contributed by atoms with Crippen LogP contribution in [0.3, 0.4) is 0 Å². The van der Waals surface area contributed by atoms with Gasteiger partial charge in [-0.2, -0.15) is 0 Å². The van der Waals surface area contributed by atoms with Crippen molar-refractivity contribution in [2.45, 2.75) is 13.8 Å². The lowest BCUT2D eigenvalue weighted by atomic mass is 10.1. The summed E-state index contributed by atoms with van der Waals surface area (Å²) in [5.74, 6) is -1.54. The summed E-state index contributed by atoms with van der Waals surface area (Å²) < 4.78 is 19.1. The van der Waals surface area contributed by atoms with Gasteiger partial charge >= 0.3 is 0 Å². The highest BCUT2D eigenvalue weighted by molar-refractivity contribution is 5.93. The van der Waals surface area contributed by atoms with E-state index < -0.39 is 10.7 Å². The average Bonchev–Trinajstić information content (AvgIpc) is 2.75. The predicted molar refractivity (Wildman–Crippen MR) is 116 cm³/mol. The Kier molecular flexibility index (Phi) is 7.37. The lowest BCUT2D eigenvalue weighted by Crippen LogP contribution is -2.51. The zero-order valence-corrected chi connectivity index (χ0v) is 18.0. The maximum atomic E-state index is 13.9. The number of amides is 2. The highest BCUT2D eigenvalue weighted by Crippen LogP contribution is 2.22. The van der Waals surface area contributed by atoms with Crippen LogP contribution in [0, 0.1) is 29.8 Å². The summed E-state index contributed by atoms with van der Waals surface area (Å²) in [4.78, 5) is 38.3. The molecule has 32 heavy (non-hydrogen) atoms. The van der Waals surface area contributed by atoms with E-state index in [-0.39, 0.29) is 36.4 Å². The quantitative estimate of drug-likeness (QED) is 0.520. The molecule has 10 heteroatoms. The molecule has 1 aliphatic heterocycles. The number of rotatable bonds is 7. The minimum atomic E-state index is -0.897. The summed E-state index contributed by atoms with van der Waals surface area (Å²) >= 11 is 0. The second kappa shape index (κ2) is 10.2. The molecule has 2 aromatic rings. The molecule has 0 unspecified atom stereocenters. The number of anilines is 1. The van der Waals surface area contributed by atoms with Crippen molar-refractivity contribution in [3.05, 3.63) is 63.5 Å². The number of non-ortho nitro benzene ring substituents is 1. The number of nitro benzene ring substituents is 1. The van der Waals surface area contributed by atoms with Gasteiger partial charge in [-0.15, -0.1) is 0 Å². The predicted octanol–water partition coefficient (Wildman–Crippen LogP) is 2.51. The molecule has 170 valence electrons. The van der Waals surface area contributed by atoms with Crippen molar-refractivity contribution in [1.82, 2.24) is 9.80 Å². The molecule has 1 N–H and O–H groups in total. The third-order valence-corrected chi connectivity index (χ3v) is 5.32. The Balaban J connectivity index is 1.44. The topological polar surface area (TPSA) is 105 Å². The molecule has 0 spiro atoms. The molecule has 2 aromatic carbocycles. The molecular weight excluding hydrogens is 419 g/mol. The number of nitrogens with zero attached hydrogens (tertiary/aromatic N) is 3. The molecule has 3 rings (SSSR count). The first kappa shape index (κ1) is 23.1. The van der Waals surface area contributed by atoms with E-state index in [1.807, 2.05) is 36.9 Å². The van der Waals surface area contributed by atoms with Gasteiger partial charge in [-0.05, 0) is 31.0 Å². The fourth-order valence-corrected chi connectivity index (χ4v) is 3.50. The molecule has 1 aliphatic rings. The number of nitro groups is 1. The molecule has 1 saturated heterocycles. The van der Waals surface area contributed by atoms with Crippen LogP contribution in [0.2, 0.25) is 0 Å². The van der Waals surface area contributed by atoms with Gasteiger partial charge in [-0.3, -0.25) is 24.6 Å². The molecule has 1 heterocycles. The third kappa shape index (κ3) is 5.79. The molecule has 0 aromatic heterocycles. The fraction of sp³-hybridized carbons (Fsp3) is 0.364. The van der Waals surface area contributed by atoms with Gasteiger partial charge in [0.25, 0.3) is 11.6 Å². The minimum Gasteiger partial charge on any atom is -0.481 e. The normalized spacial score (nSPS) is 14.2. The Hall–Kier alpha value is -3.53. The molecule has 0 atom stereocenters. The number of hydrogen-bond donors (Lipinski definition) is 1. The highest BCUT2D eigenvalue weighted by atomic mass is 19.1. The Labute approximate surface area is 184 Å². The van der Waals surface area contributed by atoms with Gasteiger partial charge in [0.1, 0.15) is 0 Å². The number of halogens is 1. The van der Waals surface area contributed by atoms with E-state index in [0.29, 0.717) is 26.2 Å². The maximum Gasteiger partial charge on any atom is 0.272 e. The third-order valence-electron chi connectivity index (χ3n) is 5.32. The number of para-hydroxylation sites is 1. The number of ether oxygens (including phenoxy) is 1. The molecular formula is C22H25FN4O5. The number of nitrogens with one attached hydrogen (secondary N) is 1. The molecule has 2 amide bonds. The summed E-state index contributed by atoms with van der Waals surface area (Å²) in [5.41, 5.74) is 2.43. The SMILES string of the molecule is Cc1cccc(C)c1NC(=O)CN1CCN(C(=O)COc2ccc([N+](=O)[O-])cc2F)CC1. The smallest absolute Gasteiger partial charge is 0.272 e. The first-order valence-electron chi connectivity index (χ1n) is 10.2. The molecule has 0 saturated carbocycles.